The molecule has 1 saturated carbocycles. The van der Waals surface area contributed by atoms with Gasteiger partial charge in [-0.15, -0.1) is 0 Å². The first kappa shape index (κ1) is 22.7. The third kappa shape index (κ3) is 4.95. The molecule has 1 fully saturated rings. The number of hydrogen-bond acceptors (Lipinski definition) is 5. The van der Waals surface area contributed by atoms with Crippen LogP contribution >= 0.6 is 11.6 Å². The van der Waals surface area contributed by atoms with E-state index in [0.717, 1.165) is 47.3 Å². The van der Waals surface area contributed by atoms with Gasteiger partial charge in [0.25, 0.3) is 0 Å². The molecule has 2 atom stereocenters. The van der Waals surface area contributed by atoms with Gasteiger partial charge in [0.2, 0.25) is 0 Å². The van der Waals surface area contributed by atoms with E-state index in [1.807, 2.05) is 24.3 Å². The molecule has 6 nitrogen and oxygen atoms in total. The summed E-state index contributed by atoms with van der Waals surface area (Å²) in [6.07, 6.45) is 5.59. The number of Topliss-reactive ketones (excluding diaryl/α,β-unsaturated/α-hetero) is 1. The van der Waals surface area contributed by atoms with Crippen LogP contribution in [0.5, 0.6) is 0 Å². The Kier molecular flexibility index (Phi) is 6.51. The maximum Gasteiger partial charge on any atom is 0.176 e. The summed E-state index contributed by atoms with van der Waals surface area (Å²) in [5.41, 5.74) is 4.20. The first-order valence-corrected chi connectivity index (χ1v) is 12.8. The number of pyridine rings is 1. The van der Waals surface area contributed by atoms with Gasteiger partial charge in [0.15, 0.2) is 9.84 Å². The molecule has 4 rings (SSSR count). The first-order chi connectivity index (χ1) is 15.2. The highest BCUT2D eigenvalue weighted by molar-refractivity contribution is 7.90. The van der Waals surface area contributed by atoms with Crippen molar-refractivity contribution in [2.45, 2.75) is 43.1 Å². The van der Waals surface area contributed by atoms with Crippen LogP contribution in [0.2, 0.25) is 5.02 Å². The van der Waals surface area contributed by atoms with E-state index in [1.54, 1.807) is 24.4 Å². The molecule has 8 heteroatoms. The number of halogens is 1. The molecule has 0 saturated heterocycles. The van der Waals surface area contributed by atoms with E-state index in [2.05, 4.69) is 9.97 Å². The van der Waals surface area contributed by atoms with Crippen LogP contribution in [0.15, 0.2) is 53.6 Å². The lowest BCUT2D eigenvalue weighted by Gasteiger charge is -2.21. The number of aliphatic hydroxyl groups is 1. The van der Waals surface area contributed by atoms with Crippen molar-refractivity contribution in [3.05, 3.63) is 70.5 Å². The molecule has 0 amide bonds. The van der Waals surface area contributed by atoms with Crippen molar-refractivity contribution < 1.29 is 18.3 Å². The number of ketones is 1. The molecule has 1 aliphatic carbocycles. The van der Waals surface area contributed by atoms with Crippen molar-refractivity contribution in [3.8, 4) is 11.4 Å². The molecule has 2 unspecified atom stereocenters. The van der Waals surface area contributed by atoms with E-state index >= 15 is 0 Å². The minimum absolute atomic E-state index is 0.0598. The highest BCUT2D eigenvalue weighted by Crippen LogP contribution is 2.38. The van der Waals surface area contributed by atoms with Crippen LogP contribution in [-0.2, 0) is 21.2 Å². The number of carbonyl (C=O) groups is 1. The van der Waals surface area contributed by atoms with Crippen molar-refractivity contribution in [2.24, 2.45) is 5.92 Å². The first-order valence-electron chi connectivity index (χ1n) is 10.5. The van der Waals surface area contributed by atoms with E-state index < -0.39 is 9.84 Å². The van der Waals surface area contributed by atoms with E-state index in [9.17, 15) is 18.3 Å². The van der Waals surface area contributed by atoms with E-state index in [4.69, 9.17) is 11.6 Å². The molecule has 0 radical (unpaired) electrons. The van der Waals surface area contributed by atoms with Gasteiger partial charge in [0.05, 0.1) is 27.9 Å². The van der Waals surface area contributed by atoms with Gasteiger partial charge < -0.3 is 10.1 Å². The minimum atomic E-state index is -3.42. The second-order valence-corrected chi connectivity index (χ2v) is 10.8. The predicted octanol–water partition coefficient (Wildman–Crippen LogP) is 4.52. The number of hydrogen-bond donors (Lipinski definition) is 2. The Morgan fingerprint density at radius 3 is 2.62 bits per heavy atom. The van der Waals surface area contributed by atoms with E-state index in [-0.39, 0.29) is 28.4 Å². The normalized spacial score (nSPS) is 17.6. The standard InChI is InChI=1S/C24H25ClN2O4S/c1-32(30,31)24-9-4-17(12-20(24)25)19(11-15-2-5-18(29)10-15)21-7-8-23(27-21)22-6-3-16(14-28)13-26-22/h3-4,6-9,12-13,15,19,27-28H,2,5,10-11,14H2,1H3. The zero-order chi connectivity index (χ0) is 22.9. The number of sulfone groups is 1. The molecule has 0 aliphatic heterocycles. The number of carbonyl (C=O) groups excluding carboxylic acids is 1. The molecule has 2 N–H and O–H groups in total. The Balaban J connectivity index is 1.69. The van der Waals surface area contributed by atoms with Gasteiger partial charge in [0, 0.05) is 36.9 Å². The molecule has 2 heterocycles. The average Bonchev–Trinajstić information content (AvgIpc) is 3.40. The number of aromatic amines is 1. The van der Waals surface area contributed by atoms with Crippen molar-refractivity contribution in [3.63, 3.8) is 0 Å². The molecule has 0 spiro atoms. The summed E-state index contributed by atoms with van der Waals surface area (Å²) in [6.45, 7) is -0.0598. The zero-order valence-electron chi connectivity index (χ0n) is 17.7. The smallest absolute Gasteiger partial charge is 0.176 e. The molecule has 3 aromatic rings. The van der Waals surface area contributed by atoms with Gasteiger partial charge in [-0.3, -0.25) is 9.78 Å². The van der Waals surface area contributed by atoms with Crippen LogP contribution in [0.1, 0.15) is 48.4 Å². The van der Waals surface area contributed by atoms with Crippen molar-refractivity contribution in [1.29, 1.82) is 0 Å². The van der Waals surface area contributed by atoms with Gasteiger partial charge in [-0.1, -0.05) is 23.7 Å². The number of aromatic nitrogens is 2. The van der Waals surface area contributed by atoms with Gasteiger partial charge >= 0.3 is 0 Å². The van der Waals surface area contributed by atoms with Gasteiger partial charge in [-0.25, -0.2) is 8.42 Å². The summed E-state index contributed by atoms with van der Waals surface area (Å²) in [5.74, 6) is 0.497. The monoisotopic (exact) mass is 472 g/mol. The second kappa shape index (κ2) is 9.17. The molecule has 2 aromatic heterocycles. The van der Waals surface area contributed by atoms with Crippen LogP contribution in [0.25, 0.3) is 11.4 Å². The van der Waals surface area contributed by atoms with Crippen molar-refractivity contribution in [2.75, 3.05) is 6.26 Å². The fourth-order valence-electron chi connectivity index (χ4n) is 4.34. The van der Waals surface area contributed by atoms with Gasteiger partial charge in [0.1, 0.15) is 5.78 Å². The lowest BCUT2D eigenvalue weighted by atomic mass is 9.86. The van der Waals surface area contributed by atoms with Crippen LogP contribution < -0.4 is 0 Å². The maximum atomic E-state index is 12.0. The lowest BCUT2D eigenvalue weighted by Crippen LogP contribution is -2.09. The molecule has 168 valence electrons. The highest BCUT2D eigenvalue weighted by Gasteiger charge is 2.28. The van der Waals surface area contributed by atoms with Gasteiger partial charge in [-0.05, 0) is 60.2 Å². The molecule has 32 heavy (non-hydrogen) atoms. The minimum Gasteiger partial charge on any atom is -0.392 e. The summed E-state index contributed by atoms with van der Waals surface area (Å²) in [6, 6.07) is 12.7. The third-order valence-electron chi connectivity index (χ3n) is 6.04. The molecule has 1 aromatic carbocycles. The zero-order valence-corrected chi connectivity index (χ0v) is 19.3. The van der Waals surface area contributed by atoms with Crippen LogP contribution in [0.3, 0.4) is 0 Å². The predicted molar refractivity (Wildman–Crippen MR) is 123 cm³/mol. The summed E-state index contributed by atoms with van der Waals surface area (Å²) in [7, 11) is -3.42. The van der Waals surface area contributed by atoms with Gasteiger partial charge in [-0.2, -0.15) is 0 Å². The quantitative estimate of drug-likeness (QED) is 0.526. The maximum absolute atomic E-state index is 12.0. The third-order valence-corrected chi connectivity index (χ3v) is 7.62. The number of rotatable bonds is 7. The Morgan fingerprint density at radius 2 is 2.03 bits per heavy atom. The molecule has 1 aliphatic rings. The summed E-state index contributed by atoms with van der Waals surface area (Å²) in [4.78, 5) is 19.8. The van der Waals surface area contributed by atoms with E-state index in [0.29, 0.717) is 18.6 Å². The Hall–Kier alpha value is -2.48. The molecular formula is C24H25ClN2O4S. The number of H-pyrrole nitrogens is 1. The molecular weight excluding hydrogens is 448 g/mol. The van der Waals surface area contributed by atoms with Crippen LogP contribution in [-0.4, -0.2) is 35.5 Å². The Labute approximate surface area is 192 Å². The van der Waals surface area contributed by atoms with Crippen LogP contribution in [0.4, 0.5) is 0 Å². The average molecular weight is 473 g/mol. The summed E-state index contributed by atoms with van der Waals surface area (Å²) >= 11 is 6.34. The lowest BCUT2D eigenvalue weighted by molar-refractivity contribution is -0.117. The number of benzene rings is 1. The Morgan fingerprint density at radius 1 is 1.22 bits per heavy atom. The largest absolute Gasteiger partial charge is 0.392 e. The van der Waals surface area contributed by atoms with E-state index in [1.165, 1.54) is 0 Å². The fraction of sp³-hybridized carbons (Fsp3) is 0.333. The number of aliphatic hydroxyl groups excluding tert-OH is 1. The summed E-state index contributed by atoms with van der Waals surface area (Å²) in [5, 5.41) is 9.43. The second-order valence-electron chi connectivity index (χ2n) is 8.43. The number of nitrogens with one attached hydrogen (secondary N) is 1. The Bertz CT molecular complexity index is 1240. The topological polar surface area (TPSA) is 100 Å². The highest BCUT2D eigenvalue weighted by atomic mass is 35.5. The van der Waals surface area contributed by atoms with Crippen molar-refractivity contribution >= 4 is 27.2 Å². The van der Waals surface area contributed by atoms with Crippen LogP contribution in [0, 0.1) is 5.92 Å². The number of nitrogens with zero attached hydrogens (tertiary/aromatic N) is 1. The summed E-state index contributed by atoms with van der Waals surface area (Å²) < 4.78 is 23.9. The SMILES string of the molecule is CS(=O)(=O)c1ccc(C(CC2CCC(=O)C2)c2ccc(-c3ccc(CO)cn3)[nH]2)cc1Cl. The fourth-order valence-corrected chi connectivity index (χ4v) is 5.68. The molecule has 0 bridgehead atoms. The van der Waals surface area contributed by atoms with Crippen molar-refractivity contribution in [1.82, 2.24) is 9.97 Å².